The van der Waals surface area contributed by atoms with Crippen molar-refractivity contribution in [2.75, 3.05) is 12.3 Å². The van der Waals surface area contributed by atoms with E-state index in [0.29, 0.717) is 11.4 Å². The van der Waals surface area contributed by atoms with Gasteiger partial charge in [-0.25, -0.2) is 8.42 Å². The Morgan fingerprint density at radius 1 is 1.44 bits per heavy atom. The average Bonchev–Trinajstić information content (AvgIpc) is 2.78. The Balaban J connectivity index is 2.19. The number of aromatic nitrogens is 2. The highest BCUT2D eigenvalue weighted by molar-refractivity contribution is 7.91. The van der Waals surface area contributed by atoms with E-state index in [1.54, 1.807) is 0 Å². The molecule has 1 aliphatic rings. The summed E-state index contributed by atoms with van der Waals surface area (Å²) in [6.45, 7) is 4.91. The molecule has 2 unspecified atom stereocenters. The largest absolute Gasteiger partial charge is 0.308 e. The standard InChI is InChI=1S/C11H19N3O2S2/c1-3-12-8(2)10-13-14-11(17-10)9-6-4-5-7-18(9,15)16/h8-9,12H,3-7H2,1-2H3. The molecule has 0 aromatic carbocycles. The highest BCUT2D eigenvalue weighted by atomic mass is 32.2. The zero-order valence-corrected chi connectivity index (χ0v) is 12.4. The summed E-state index contributed by atoms with van der Waals surface area (Å²) in [6, 6.07) is 0.132. The minimum atomic E-state index is -3.01. The predicted octanol–water partition coefficient (Wildman–Crippen LogP) is 1.85. The summed E-state index contributed by atoms with van der Waals surface area (Å²) < 4.78 is 24.0. The molecule has 0 radical (unpaired) electrons. The first-order valence-corrected chi connectivity index (χ1v) is 8.86. The van der Waals surface area contributed by atoms with Crippen molar-refractivity contribution in [3.05, 3.63) is 10.0 Å². The van der Waals surface area contributed by atoms with Gasteiger partial charge in [0.05, 0.1) is 11.8 Å². The molecule has 2 heterocycles. The van der Waals surface area contributed by atoms with Crippen molar-refractivity contribution in [3.63, 3.8) is 0 Å². The minimum Gasteiger partial charge on any atom is -0.308 e. The van der Waals surface area contributed by atoms with Crippen molar-refractivity contribution < 1.29 is 8.42 Å². The van der Waals surface area contributed by atoms with E-state index in [1.807, 2.05) is 13.8 Å². The van der Waals surface area contributed by atoms with Crippen LogP contribution in [0, 0.1) is 0 Å². The molecule has 0 bridgehead atoms. The lowest BCUT2D eigenvalue weighted by Gasteiger charge is -2.19. The van der Waals surface area contributed by atoms with Crippen LogP contribution < -0.4 is 5.32 Å². The first kappa shape index (κ1) is 13.9. The van der Waals surface area contributed by atoms with Gasteiger partial charge in [-0.05, 0) is 26.3 Å². The van der Waals surface area contributed by atoms with E-state index >= 15 is 0 Å². The number of sulfone groups is 1. The van der Waals surface area contributed by atoms with Crippen LogP contribution in [-0.4, -0.2) is 30.9 Å². The van der Waals surface area contributed by atoms with Crippen LogP contribution >= 0.6 is 11.3 Å². The quantitative estimate of drug-likeness (QED) is 0.916. The third-order valence-electron chi connectivity index (χ3n) is 3.19. The van der Waals surface area contributed by atoms with Gasteiger partial charge < -0.3 is 5.32 Å². The monoisotopic (exact) mass is 289 g/mol. The fourth-order valence-corrected chi connectivity index (χ4v) is 5.42. The first-order valence-electron chi connectivity index (χ1n) is 6.33. The SMILES string of the molecule is CCNC(C)c1nnc(C2CCCCS2(=O)=O)s1. The summed E-state index contributed by atoms with van der Waals surface area (Å²) >= 11 is 1.43. The van der Waals surface area contributed by atoms with Crippen LogP contribution in [0.1, 0.15) is 54.4 Å². The Morgan fingerprint density at radius 3 is 2.89 bits per heavy atom. The van der Waals surface area contributed by atoms with Crippen molar-refractivity contribution in [2.45, 2.75) is 44.4 Å². The summed E-state index contributed by atoms with van der Waals surface area (Å²) in [5, 5.41) is 12.6. The van der Waals surface area contributed by atoms with E-state index < -0.39 is 15.1 Å². The van der Waals surface area contributed by atoms with Crippen LogP contribution in [0.4, 0.5) is 0 Å². The van der Waals surface area contributed by atoms with Gasteiger partial charge in [-0.2, -0.15) is 0 Å². The van der Waals surface area contributed by atoms with Crippen LogP contribution in [0.25, 0.3) is 0 Å². The fraction of sp³-hybridized carbons (Fsp3) is 0.818. The van der Waals surface area contributed by atoms with Gasteiger partial charge in [-0.15, -0.1) is 10.2 Å². The maximum absolute atomic E-state index is 12.0. The number of hydrogen-bond acceptors (Lipinski definition) is 6. The molecule has 102 valence electrons. The van der Waals surface area contributed by atoms with Gasteiger partial charge in [-0.1, -0.05) is 24.7 Å². The molecule has 1 aromatic heterocycles. The normalized spacial score (nSPS) is 24.9. The Kier molecular flexibility index (Phi) is 4.34. The van der Waals surface area contributed by atoms with Crippen LogP contribution in [0.15, 0.2) is 0 Å². The Hall–Kier alpha value is -0.530. The third-order valence-corrected chi connectivity index (χ3v) is 6.74. The van der Waals surface area contributed by atoms with Crippen LogP contribution in [0.5, 0.6) is 0 Å². The molecule has 2 atom stereocenters. The molecule has 1 N–H and O–H groups in total. The zero-order chi connectivity index (χ0) is 13.2. The molecule has 2 rings (SSSR count). The van der Waals surface area contributed by atoms with E-state index in [4.69, 9.17) is 0 Å². The van der Waals surface area contributed by atoms with E-state index in [1.165, 1.54) is 11.3 Å². The molecule has 0 spiro atoms. The lowest BCUT2D eigenvalue weighted by Crippen LogP contribution is -2.21. The van der Waals surface area contributed by atoms with Gasteiger partial charge >= 0.3 is 0 Å². The average molecular weight is 289 g/mol. The van der Waals surface area contributed by atoms with Crippen molar-refractivity contribution in [1.29, 1.82) is 0 Å². The van der Waals surface area contributed by atoms with Gasteiger partial charge in [0.15, 0.2) is 9.84 Å². The van der Waals surface area contributed by atoms with E-state index in [-0.39, 0.29) is 11.8 Å². The molecule has 0 aliphatic carbocycles. The van der Waals surface area contributed by atoms with Crippen molar-refractivity contribution in [1.82, 2.24) is 15.5 Å². The van der Waals surface area contributed by atoms with Crippen molar-refractivity contribution in [2.24, 2.45) is 0 Å². The minimum absolute atomic E-state index is 0.132. The molecular weight excluding hydrogens is 270 g/mol. The van der Waals surface area contributed by atoms with Gasteiger partial charge in [0, 0.05) is 0 Å². The smallest absolute Gasteiger partial charge is 0.159 e. The third kappa shape index (κ3) is 2.89. The van der Waals surface area contributed by atoms with Crippen LogP contribution in [-0.2, 0) is 9.84 Å². The van der Waals surface area contributed by atoms with Crippen LogP contribution in [0.3, 0.4) is 0 Å². The molecule has 18 heavy (non-hydrogen) atoms. The number of rotatable bonds is 4. The molecule has 0 amide bonds. The summed E-state index contributed by atoms with van der Waals surface area (Å²) in [6.07, 6.45) is 2.42. The Labute approximate surface area is 112 Å². The molecule has 1 saturated heterocycles. The lowest BCUT2D eigenvalue weighted by molar-refractivity contribution is 0.544. The second kappa shape index (κ2) is 5.63. The predicted molar refractivity (Wildman–Crippen MR) is 72.4 cm³/mol. The molecule has 1 aliphatic heterocycles. The summed E-state index contributed by atoms with van der Waals surface area (Å²) in [4.78, 5) is 0. The van der Waals surface area contributed by atoms with E-state index in [2.05, 4.69) is 15.5 Å². The Morgan fingerprint density at radius 2 is 2.22 bits per heavy atom. The lowest BCUT2D eigenvalue weighted by atomic mass is 10.2. The molecule has 1 aromatic rings. The van der Waals surface area contributed by atoms with Gasteiger partial charge in [0.25, 0.3) is 0 Å². The molecule has 1 fully saturated rings. The molecule has 7 heteroatoms. The summed E-state index contributed by atoms with van der Waals surface area (Å²) in [7, 11) is -3.01. The summed E-state index contributed by atoms with van der Waals surface area (Å²) in [5.74, 6) is 0.287. The topological polar surface area (TPSA) is 72.0 Å². The highest BCUT2D eigenvalue weighted by Gasteiger charge is 2.33. The molecule has 0 saturated carbocycles. The summed E-state index contributed by atoms with van der Waals surface area (Å²) in [5.41, 5.74) is 0. The number of hydrogen-bond donors (Lipinski definition) is 1. The van der Waals surface area contributed by atoms with Crippen molar-refractivity contribution >= 4 is 21.2 Å². The zero-order valence-electron chi connectivity index (χ0n) is 10.7. The highest BCUT2D eigenvalue weighted by Crippen LogP contribution is 2.35. The molecule has 5 nitrogen and oxygen atoms in total. The van der Waals surface area contributed by atoms with Gasteiger partial charge in [0.2, 0.25) is 0 Å². The second-order valence-electron chi connectivity index (χ2n) is 4.61. The van der Waals surface area contributed by atoms with Gasteiger partial charge in [-0.3, -0.25) is 0 Å². The maximum Gasteiger partial charge on any atom is 0.159 e. The molecular formula is C11H19N3O2S2. The number of nitrogens with zero attached hydrogens (tertiary/aromatic N) is 2. The van der Waals surface area contributed by atoms with Crippen molar-refractivity contribution in [3.8, 4) is 0 Å². The fourth-order valence-electron chi connectivity index (χ4n) is 2.18. The van der Waals surface area contributed by atoms with Gasteiger partial charge in [0.1, 0.15) is 15.3 Å². The van der Waals surface area contributed by atoms with E-state index in [0.717, 1.165) is 24.4 Å². The Bertz CT molecular complexity index is 498. The van der Waals surface area contributed by atoms with Crippen LogP contribution in [0.2, 0.25) is 0 Å². The maximum atomic E-state index is 12.0. The first-order chi connectivity index (χ1) is 8.54. The van der Waals surface area contributed by atoms with E-state index in [9.17, 15) is 8.42 Å². The number of nitrogens with one attached hydrogen (secondary N) is 1. The second-order valence-corrected chi connectivity index (χ2v) is 7.95.